The Bertz CT molecular complexity index is 837. The highest BCUT2D eigenvalue weighted by Gasteiger charge is 2.17. The van der Waals surface area contributed by atoms with Crippen LogP contribution in [-0.4, -0.2) is 20.4 Å². The summed E-state index contributed by atoms with van der Waals surface area (Å²) in [6.45, 7) is 3.85. The Morgan fingerprint density at radius 1 is 1.17 bits per heavy atom. The van der Waals surface area contributed by atoms with E-state index >= 15 is 0 Å². The van der Waals surface area contributed by atoms with Crippen molar-refractivity contribution >= 4 is 33.2 Å². The molecule has 0 heterocycles. The molecule has 7 heteroatoms. The predicted octanol–water partition coefficient (Wildman–Crippen LogP) is 3.67. The molecule has 2 N–H and O–H groups in total. The van der Waals surface area contributed by atoms with Crippen LogP contribution in [0.2, 0.25) is 5.02 Å². The van der Waals surface area contributed by atoms with Gasteiger partial charge in [-0.3, -0.25) is 9.52 Å². The van der Waals surface area contributed by atoms with Crippen molar-refractivity contribution in [1.82, 2.24) is 5.32 Å². The van der Waals surface area contributed by atoms with Gasteiger partial charge in [-0.15, -0.1) is 0 Å². The van der Waals surface area contributed by atoms with E-state index in [-0.39, 0.29) is 16.8 Å². The summed E-state index contributed by atoms with van der Waals surface area (Å²) in [4.78, 5) is 12.2. The van der Waals surface area contributed by atoms with E-state index in [1.807, 2.05) is 13.8 Å². The van der Waals surface area contributed by atoms with Crippen molar-refractivity contribution in [1.29, 1.82) is 0 Å². The quantitative estimate of drug-likeness (QED) is 0.819. The first-order valence-corrected chi connectivity index (χ1v) is 9.37. The average molecular weight is 367 g/mol. The minimum atomic E-state index is -3.81. The van der Waals surface area contributed by atoms with Gasteiger partial charge in [0.15, 0.2) is 0 Å². The number of carbonyl (C=O) groups is 1. The molecule has 128 valence electrons. The summed E-state index contributed by atoms with van der Waals surface area (Å²) < 4.78 is 27.4. The molecule has 2 aromatic carbocycles. The van der Waals surface area contributed by atoms with Crippen LogP contribution in [0, 0.1) is 0 Å². The number of rotatable bonds is 6. The summed E-state index contributed by atoms with van der Waals surface area (Å²) in [5, 5.41) is 3.24. The van der Waals surface area contributed by atoms with Gasteiger partial charge in [-0.2, -0.15) is 0 Å². The number of halogens is 1. The monoisotopic (exact) mass is 366 g/mol. The van der Waals surface area contributed by atoms with Crippen molar-refractivity contribution < 1.29 is 13.2 Å². The van der Waals surface area contributed by atoms with Crippen molar-refractivity contribution in [3.05, 3.63) is 59.1 Å². The van der Waals surface area contributed by atoms with Crippen molar-refractivity contribution in [2.75, 3.05) is 4.72 Å². The van der Waals surface area contributed by atoms with E-state index in [2.05, 4.69) is 10.0 Å². The minimum absolute atomic E-state index is 0.0132. The molecule has 24 heavy (non-hydrogen) atoms. The van der Waals surface area contributed by atoms with Crippen LogP contribution in [0.1, 0.15) is 30.6 Å². The number of nitrogens with one attached hydrogen (secondary N) is 2. The van der Waals surface area contributed by atoms with Gasteiger partial charge in [0.1, 0.15) is 0 Å². The van der Waals surface area contributed by atoms with Crippen LogP contribution >= 0.6 is 11.6 Å². The van der Waals surface area contributed by atoms with Gasteiger partial charge in [0, 0.05) is 16.6 Å². The summed E-state index contributed by atoms with van der Waals surface area (Å²) in [5.41, 5.74) is 0.654. The van der Waals surface area contributed by atoms with Crippen molar-refractivity contribution in [3.8, 4) is 0 Å². The highest BCUT2D eigenvalue weighted by molar-refractivity contribution is 7.92. The second-order valence-electron chi connectivity index (χ2n) is 5.43. The van der Waals surface area contributed by atoms with Crippen molar-refractivity contribution in [2.45, 2.75) is 31.2 Å². The fourth-order valence-corrected chi connectivity index (χ4v) is 3.26. The fraction of sp³-hybridized carbons (Fsp3) is 0.235. The van der Waals surface area contributed by atoms with Gasteiger partial charge in [-0.05, 0) is 49.7 Å². The molecule has 0 saturated carbocycles. The van der Waals surface area contributed by atoms with Gasteiger partial charge < -0.3 is 5.32 Å². The third-order valence-corrected chi connectivity index (χ3v) is 5.09. The first kappa shape index (κ1) is 18.3. The second-order valence-corrected chi connectivity index (χ2v) is 7.55. The van der Waals surface area contributed by atoms with Crippen LogP contribution in [0.25, 0.3) is 0 Å². The summed E-state index contributed by atoms with van der Waals surface area (Å²) in [7, 11) is -3.81. The Kier molecular flexibility index (Phi) is 5.85. The average Bonchev–Trinajstić information content (AvgIpc) is 2.54. The highest BCUT2D eigenvalue weighted by atomic mass is 35.5. The number of sulfonamides is 1. The number of carbonyl (C=O) groups excluding carboxylic acids is 1. The molecule has 0 aliphatic rings. The van der Waals surface area contributed by atoms with Gasteiger partial charge in [0.25, 0.3) is 15.9 Å². The summed E-state index contributed by atoms with van der Waals surface area (Å²) in [6, 6.07) is 12.3. The van der Waals surface area contributed by atoms with Gasteiger partial charge in [-0.1, -0.05) is 30.7 Å². The lowest BCUT2D eigenvalue weighted by Gasteiger charge is -2.12. The maximum absolute atomic E-state index is 12.5. The Labute approximate surface area is 147 Å². The van der Waals surface area contributed by atoms with Crippen molar-refractivity contribution in [2.24, 2.45) is 0 Å². The Balaban J connectivity index is 2.25. The molecular weight excluding hydrogens is 348 g/mol. The number of amides is 1. The second kappa shape index (κ2) is 7.68. The lowest BCUT2D eigenvalue weighted by Crippen LogP contribution is -2.32. The molecule has 0 aliphatic heterocycles. The molecule has 0 radical (unpaired) electrons. The Morgan fingerprint density at radius 2 is 1.88 bits per heavy atom. The molecule has 1 atom stereocenters. The normalized spacial score (nSPS) is 12.5. The standard InChI is InChI=1S/C17H19ClN2O3S/c1-3-12(2)19-17(21)13-6-4-9-16(10-13)24(22,23)20-15-8-5-7-14(18)11-15/h4-12,20H,3H2,1-2H3,(H,19,21)/t12-/m0/s1. The number of hydrogen-bond acceptors (Lipinski definition) is 3. The van der Waals surface area contributed by atoms with Gasteiger partial charge >= 0.3 is 0 Å². The molecule has 0 unspecified atom stereocenters. The van der Waals surface area contributed by atoms with E-state index in [1.165, 1.54) is 24.3 Å². The zero-order valence-electron chi connectivity index (χ0n) is 13.4. The van der Waals surface area contributed by atoms with Gasteiger partial charge in [0.05, 0.1) is 10.6 Å². The van der Waals surface area contributed by atoms with Gasteiger partial charge in [-0.25, -0.2) is 8.42 Å². The topological polar surface area (TPSA) is 75.3 Å². The molecule has 5 nitrogen and oxygen atoms in total. The number of anilines is 1. The zero-order chi connectivity index (χ0) is 17.7. The fourth-order valence-electron chi connectivity index (χ4n) is 1.98. The Hall–Kier alpha value is -2.05. The minimum Gasteiger partial charge on any atom is -0.350 e. The largest absolute Gasteiger partial charge is 0.350 e. The zero-order valence-corrected chi connectivity index (χ0v) is 15.0. The first-order chi connectivity index (χ1) is 11.3. The summed E-state index contributed by atoms with van der Waals surface area (Å²) in [5.74, 6) is -0.302. The van der Waals surface area contributed by atoms with Crippen molar-refractivity contribution in [3.63, 3.8) is 0 Å². The third-order valence-electron chi connectivity index (χ3n) is 3.47. The van der Waals surface area contributed by atoms with E-state index in [1.54, 1.807) is 24.3 Å². The summed E-state index contributed by atoms with van der Waals surface area (Å²) >= 11 is 5.86. The molecule has 1 amide bonds. The molecule has 2 rings (SSSR count). The van der Waals surface area contributed by atoms with E-state index in [0.29, 0.717) is 16.3 Å². The lowest BCUT2D eigenvalue weighted by atomic mass is 10.2. The van der Waals surface area contributed by atoms with Crippen LogP contribution < -0.4 is 10.0 Å². The number of hydrogen-bond donors (Lipinski definition) is 2. The number of benzene rings is 2. The van der Waals surface area contributed by atoms with Crippen LogP contribution in [0.3, 0.4) is 0 Å². The van der Waals surface area contributed by atoms with E-state index in [4.69, 9.17) is 11.6 Å². The molecule has 0 spiro atoms. The van der Waals surface area contributed by atoms with E-state index in [9.17, 15) is 13.2 Å². The lowest BCUT2D eigenvalue weighted by molar-refractivity contribution is 0.0939. The predicted molar refractivity (Wildman–Crippen MR) is 95.9 cm³/mol. The molecule has 2 aromatic rings. The van der Waals surface area contributed by atoms with Gasteiger partial charge in [0.2, 0.25) is 0 Å². The van der Waals surface area contributed by atoms with Crippen LogP contribution in [0.5, 0.6) is 0 Å². The smallest absolute Gasteiger partial charge is 0.261 e. The Morgan fingerprint density at radius 3 is 2.54 bits per heavy atom. The molecule has 0 aromatic heterocycles. The first-order valence-electron chi connectivity index (χ1n) is 7.51. The van der Waals surface area contributed by atoms with Crippen LogP contribution in [0.4, 0.5) is 5.69 Å². The molecule has 0 bridgehead atoms. The third kappa shape index (κ3) is 4.72. The van der Waals surface area contributed by atoms with E-state index < -0.39 is 10.0 Å². The molecule has 0 saturated heterocycles. The highest BCUT2D eigenvalue weighted by Crippen LogP contribution is 2.20. The van der Waals surface area contributed by atoms with E-state index in [0.717, 1.165) is 6.42 Å². The maximum Gasteiger partial charge on any atom is 0.261 e. The van der Waals surface area contributed by atoms with Crippen LogP contribution in [-0.2, 0) is 10.0 Å². The van der Waals surface area contributed by atoms with Crippen LogP contribution in [0.15, 0.2) is 53.4 Å². The molecule has 0 aliphatic carbocycles. The molecule has 0 fully saturated rings. The SMILES string of the molecule is CC[C@H](C)NC(=O)c1cccc(S(=O)(=O)Nc2cccc(Cl)c2)c1. The maximum atomic E-state index is 12.5. The summed E-state index contributed by atoms with van der Waals surface area (Å²) in [6.07, 6.45) is 0.792. The molecular formula is C17H19ClN2O3S.